The fourth-order valence-electron chi connectivity index (χ4n) is 4.66. The van der Waals surface area contributed by atoms with Crippen LogP contribution in [0, 0.1) is 11.6 Å². The summed E-state index contributed by atoms with van der Waals surface area (Å²) in [6, 6.07) is 7.44. The van der Waals surface area contributed by atoms with Crippen molar-refractivity contribution in [1.82, 2.24) is 34.6 Å². The third-order valence-electron chi connectivity index (χ3n) is 6.65. The van der Waals surface area contributed by atoms with Gasteiger partial charge in [0.15, 0.2) is 0 Å². The topological polar surface area (TPSA) is 92.9 Å². The smallest absolute Gasteiger partial charge is 0.259 e. The van der Waals surface area contributed by atoms with Crippen molar-refractivity contribution in [2.24, 2.45) is 7.05 Å². The molecule has 3 aromatic heterocycles. The molecule has 0 bridgehead atoms. The molecule has 1 aliphatic heterocycles. The lowest BCUT2D eigenvalue weighted by atomic mass is 10.00. The molecule has 4 heterocycles. The van der Waals surface area contributed by atoms with E-state index in [9.17, 15) is 13.6 Å². The normalized spacial score (nSPS) is 13.8. The van der Waals surface area contributed by atoms with Crippen LogP contribution in [-0.2, 0) is 7.05 Å². The number of anilines is 1. The van der Waals surface area contributed by atoms with Gasteiger partial charge in [-0.15, -0.1) is 0 Å². The monoisotopic (exact) mass is 512 g/mol. The molecule has 38 heavy (non-hydrogen) atoms. The highest BCUT2D eigenvalue weighted by Crippen LogP contribution is 2.32. The van der Waals surface area contributed by atoms with E-state index in [1.54, 1.807) is 29.5 Å². The molecule has 5 aromatic rings. The van der Waals surface area contributed by atoms with Gasteiger partial charge in [-0.05, 0) is 29.8 Å². The van der Waals surface area contributed by atoms with Gasteiger partial charge >= 0.3 is 0 Å². The summed E-state index contributed by atoms with van der Waals surface area (Å²) in [4.78, 5) is 34.1. The van der Waals surface area contributed by atoms with Crippen LogP contribution in [0.3, 0.4) is 0 Å². The zero-order chi connectivity index (χ0) is 26.2. The van der Waals surface area contributed by atoms with Crippen LogP contribution >= 0.6 is 0 Å². The lowest BCUT2D eigenvalue weighted by Crippen LogP contribution is -2.49. The zero-order valence-electron chi connectivity index (χ0n) is 20.4. The van der Waals surface area contributed by atoms with E-state index in [0.29, 0.717) is 37.7 Å². The molecule has 1 amide bonds. The SMILES string of the molecule is Cn1cc(-c2cc(-c3cnc(N4CCN(C(=O)c5c(F)cccc5F)CC4)cn3)c3cncnc3c2)cn1. The molecular weight excluding hydrogens is 490 g/mol. The Hall–Kier alpha value is -4.80. The average Bonchev–Trinajstić information content (AvgIpc) is 3.39. The first-order valence-corrected chi connectivity index (χ1v) is 12.0. The molecule has 2 aromatic carbocycles. The van der Waals surface area contributed by atoms with E-state index in [2.05, 4.69) is 25.0 Å². The molecule has 6 rings (SSSR count). The largest absolute Gasteiger partial charge is 0.352 e. The number of rotatable bonds is 4. The van der Waals surface area contributed by atoms with Gasteiger partial charge in [0.2, 0.25) is 0 Å². The minimum absolute atomic E-state index is 0.311. The third kappa shape index (κ3) is 4.32. The molecule has 0 N–H and O–H groups in total. The van der Waals surface area contributed by atoms with Crippen LogP contribution < -0.4 is 4.90 Å². The van der Waals surface area contributed by atoms with Crippen molar-refractivity contribution < 1.29 is 13.6 Å². The fraction of sp³-hybridized carbons (Fsp3) is 0.185. The van der Waals surface area contributed by atoms with Crippen LogP contribution in [0.15, 0.2) is 67.6 Å². The summed E-state index contributed by atoms with van der Waals surface area (Å²) >= 11 is 0. The van der Waals surface area contributed by atoms with Crippen molar-refractivity contribution in [3.05, 3.63) is 84.8 Å². The molecule has 1 fully saturated rings. The maximum Gasteiger partial charge on any atom is 0.259 e. The van der Waals surface area contributed by atoms with E-state index in [0.717, 1.165) is 39.7 Å². The summed E-state index contributed by atoms with van der Waals surface area (Å²) in [5.41, 5.74) is 3.70. The Morgan fingerprint density at radius 3 is 2.37 bits per heavy atom. The minimum atomic E-state index is -0.857. The maximum absolute atomic E-state index is 14.1. The Morgan fingerprint density at radius 1 is 0.895 bits per heavy atom. The van der Waals surface area contributed by atoms with Gasteiger partial charge in [-0.25, -0.2) is 23.7 Å². The predicted octanol–water partition coefficient (Wildman–Crippen LogP) is 3.73. The van der Waals surface area contributed by atoms with Crippen molar-refractivity contribution in [3.8, 4) is 22.4 Å². The summed E-state index contributed by atoms with van der Waals surface area (Å²) in [5, 5.41) is 5.13. The van der Waals surface area contributed by atoms with E-state index < -0.39 is 23.1 Å². The third-order valence-corrected chi connectivity index (χ3v) is 6.65. The number of benzene rings is 2. The number of carbonyl (C=O) groups is 1. The first-order chi connectivity index (χ1) is 18.5. The van der Waals surface area contributed by atoms with Crippen molar-refractivity contribution >= 4 is 22.6 Å². The highest BCUT2D eigenvalue weighted by Gasteiger charge is 2.27. The summed E-state index contributed by atoms with van der Waals surface area (Å²) in [6.45, 7) is 1.54. The number of carbonyl (C=O) groups excluding carboxylic acids is 1. The Morgan fingerprint density at radius 2 is 1.68 bits per heavy atom. The zero-order valence-corrected chi connectivity index (χ0v) is 20.4. The number of hydrogen-bond donors (Lipinski definition) is 0. The number of halogens is 2. The number of nitrogens with zero attached hydrogens (tertiary/aromatic N) is 8. The predicted molar refractivity (Wildman–Crippen MR) is 137 cm³/mol. The van der Waals surface area contributed by atoms with Crippen LogP contribution in [-0.4, -0.2) is 66.7 Å². The number of piperazine rings is 1. The van der Waals surface area contributed by atoms with E-state index in [4.69, 9.17) is 0 Å². The second kappa shape index (κ2) is 9.58. The van der Waals surface area contributed by atoms with Crippen molar-refractivity contribution in [3.63, 3.8) is 0 Å². The molecular formula is C27H22F2N8O. The van der Waals surface area contributed by atoms with Gasteiger partial charge in [0.05, 0.1) is 29.8 Å². The molecule has 0 radical (unpaired) electrons. The Bertz CT molecular complexity index is 1630. The molecule has 11 heteroatoms. The molecule has 0 atom stereocenters. The van der Waals surface area contributed by atoms with Crippen LogP contribution in [0.1, 0.15) is 10.4 Å². The molecule has 0 unspecified atom stereocenters. The van der Waals surface area contributed by atoms with Gasteiger partial charge in [-0.1, -0.05) is 6.07 Å². The van der Waals surface area contributed by atoms with Gasteiger partial charge < -0.3 is 9.80 Å². The first kappa shape index (κ1) is 23.6. The maximum atomic E-state index is 14.1. The summed E-state index contributed by atoms with van der Waals surface area (Å²) in [5.74, 6) is -1.71. The molecule has 0 saturated carbocycles. The fourth-order valence-corrected chi connectivity index (χ4v) is 4.66. The molecule has 1 saturated heterocycles. The highest BCUT2D eigenvalue weighted by atomic mass is 19.1. The van der Waals surface area contributed by atoms with E-state index in [1.807, 2.05) is 30.3 Å². The Labute approximate surface area is 216 Å². The summed E-state index contributed by atoms with van der Waals surface area (Å²) < 4.78 is 29.9. The summed E-state index contributed by atoms with van der Waals surface area (Å²) in [7, 11) is 1.87. The van der Waals surface area contributed by atoms with Gasteiger partial charge in [0, 0.05) is 62.1 Å². The number of aromatic nitrogens is 6. The molecule has 1 aliphatic rings. The quantitative estimate of drug-likeness (QED) is 0.362. The number of fused-ring (bicyclic) bond motifs is 1. The first-order valence-electron chi connectivity index (χ1n) is 12.0. The van der Waals surface area contributed by atoms with Crippen molar-refractivity contribution in [2.75, 3.05) is 31.1 Å². The standard InChI is InChI=1S/C27H22F2N8O/c1-35-15-18(11-34-35)17-9-19(20-12-30-16-33-23(20)10-17)24-13-32-25(14-31-24)36-5-7-37(8-6-36)27(38)26-21(28)3-2-4-22(26)29/h2-4,9-16H,5-8H2,1H3. The highest BCUT2D eigenvalue weighted by molar-refractivity contribution is 5.97. The summed E-state index contributed by atoms with van der Waals surface area (Å²) in [6.07, 6.45) is 10.4. The van der Waals surface area contributed by atoms with E-state index >= 15 is 0 Å². The van der Waals surface area contributed by atoms with Gasteiger partial charge in [-0.2, -0.15) is 5.10 Å². The second-order valence-corrected chi connectivity index (χ2v) is 9.02. The average molecular weight is 513 g/mol. The van der Waals surface area contributed by atoms with Crippen LogP contribution in [0.2, 0.25) is 0 Å². The van der Waals surface area contributed by atoms with Gasteiger partial charge in [0.25, 0.3) is 5.91 Å². The van der Waals surface area contributed by atoms with Crippen LogP contribution in [0.4, 0.5) is 14.6 Å². The lowest BCUT2D eigenvalue weighted by molar-refractivity contribution is 0.0736. The van der Waals surface area contributed by atoms with E-state index in [-0.39, 0.29) is 0 Å². The van der Waals surface area contributed by atoms with E-state index in [1.165, 1.54) is 17.3 Å². The number of amides is 1. The van der Waals surface area contributed by atoms with Gasteiger partial charge in [-0.3, -0.25) is 14.5 Å². The van der Waals surface area contributed by atoms with Crippen LogP contribution in [0.5, 0.6) is 0 Å². The Balaban J connectivity index is 1.22. The molecule has 0 aliphatic carbocycles. The lowest BCUT2D eigenvalue weighted by Gasteiger charge is -2.35. The molecule has 9 nitrogen and oxygen atoms in total. The minimum Gasteiger partial charge on any atom is -0.352 e. The number of hydrogen-bond acceptors (Lipinski definition) is 7. The molecule has 0 spiro atoms. The number of aryl methyl sites for hydroxylation is 1. The van der Waals surface area contributed by atoms with Crippen molar-refractivity contribution in [1.29, 1.82) is 0 Å². The Kier molecular flexibility index (Phi) is 5.95. The van der Waals surface area contributed by atoms with Crippen molar-refractivity contribution in [2.45, 2.75) is 0 Å². The van der Waals surface area contributed by atoms with Crippen LogP contribution in [0.25, 0.3) is 33.3 Å². The second-order valence-electron chi connectivity index (χ2n) is 9.02. The van der Waals surface area contributed by atoms with Gasteiger partial charge in [0.1, 0.15) is 29.3 Å². The molecule has 190 valence electrons.